The van der Waals surface area contributed by atoms with Crippen molar-refractivity contribution in [3.8, 4) is 11.8 Å². The number of hydrazone groups is 1. The Balaban J connectivity index is 1.54. The molecule has 1 amide bonds. The van der Waals surface area contributed by atoms with Crippen LogP contribution in [0.1, 0.15) is 18.9 Å². The van der Waals surface area contributed by atoms with Crippen molar-refractivity contribution < 1.29 is 9.90 Å². The second-order valence-electron chi connectivity index (χ2n) is 7.07. The van der Waals surface area contributed by atoms with Gasteiger partial charge in [-0.15, -0.1) is 0 Å². The maximum atomic E-state index is 12.9. The first-order chi connectivity index (χ1) is 14.6. The Bertz CT molecular complexity index is 1220. The summed E-state index contributed by atoms with van der Waals surface area (Å²) in [5.74, 6) is -0.153. The largest absolute Gasteiger partial charge is 0.505 e. The molecule has 2 N–H and O–H groups in total. The molecule has 4 rings (SSSR count). The molecule has 0 atom stereocenters. The number of anilines is 2. The van der Waals surface area contributed by atoms with E-state index >= 15 is 0 Å². The zero-order valence-corrected chi connectivity index (χ0v) is 16.5. The highest BCUT2D eigenvalue weighted by Crippen LogP contribution is 2.32. The number of amides is 1. The number of phenols is 1. The summed E-state index contributed by atoms with van der Waals surface area (Å²) < 4.78 is 0. The maximum Gasteiger partial charge on any atom is 0.283 e. The van der Waals surface area contributed by atoms with Crippen LogP contribution < -0.4 is 10.3 Å². The number of nitriles is 1. The van der Waals surface area contributed by atoms with Crippen LogP contribution in [0.2, 0.25) is 0 Å². The monoisotopic (exact) mass is 396 g/mol. The lowest BCUT2D eigenvalue weighted by molar-refractivity contribution is -0.111. The fourth-order valence-corrected chi connectivity index (χ4v) is 3.41. The Morgan fingerprint density at radius 3 is 2.63 bits per heavy atom. The predicted octanol–water partition coefficient (Wildman–Crippen LogP) is 4.72. The van der Waals surface area contributed by atoms with Crippen LogP contribution in [0.25, 0.3) is 10.8 Å². The molecule has 148 valence electrons. The first-order valence-electron chi connectivity index (χ1n) is 9.61. The maximum absolute atomic E-state index is 12.9. The minimum absolute atomic E-state index is 0.0920. The van der Waals surface area contributed by atoms with E-state index in [9.17, 15) is 9.90 Å². The highest BCUT2D eigenvalue weighted by atomic mass is 16.3. The van der Waals surface area contributed by atoms with Crippen molar-refractivity contribution >= 4 is 33.8 Å². The second-order valence-corrected chi connectivity index (χ2v) is 7.07. The van der Waals surface area contributed by atoms with Crippen molar-refractivity contribution in [2.24, 2.45) is 5.10 Å². The van der Waals surface area contributed by atoms with Gasteiger partial charge in [0.05, 0.1) is 11.8 Å². The molecule has 0 fully saturated rings. The summed E-state index contributed by atoms with van der Waals surface area (Å²) in [7, 11) is 0. The highest BCUT2D eigenvalue weighted by molar-refractivity contribution is 6.52. The van der Waals surface area contributed by atoms with Crippen molar-refractivity contribution in [2.45, 2.75) is 19.8 Å². The molecule has 3 aromatic carbocycles. The molecule has 0 aromatic heterocycles. The van der Waals surface area contributed by atoms with Crippen LogP contribution in [-0.2, 0) is 11.2 Å². The van der Waals surface area contributed by atoms with Gasteiger partial charge in [-0.2, -0.15) is 10.4 Å². The van der Waals surface area contributed by atoms with Crippen LogP contribution >= 0.6 is 0 Å². The molecular formula is C24H20N4O2. The Morgan fingerprint density at radius 2 is 1.87 bits per heavy atom. The number of rotatable bonds is 5. The highest BCUT2D eigenvalue weighted by Gasteiger charge is 2.28. The van der Waals surface area contributed by atoms with Gasteiger partial charge in [-0.3, -0.25) is 15.1 Å². The molecule has 6 nitrogen and oxygen atoms in total. The number of nitrogens with zero attached hydrogens (tertiary/aromatic N) is 3. The van der Waals surface area contributed by atoms with Gasteiger partial charge in [-0.25, -0.2) is 0 Å². The third kappa shape index (κ3) is 3.61. The Labute approximate surface area is 174 Å². The van der Waals surface area contributed by atoms with Crippen molar-refractivity contribution in [3.05, 3.63) is 78.0 Å². The molecular weight excluding hydrogens is 376 g/mol. The average Bonchev–Trinajstić information content (AvgIpc) is 3.06. The lowest BCUT2D eigenvalue weighted by Crippen LogP contribution is -2.26. The van der Waals surface area contributed by atoms with Crippen LogP contribution in [0.5, 0.6) is 5.75 Å². The summed E-state index contributed by atoms with van der Waals surface area (Å²) in [4.78, 5) is 14.4. The quantitative estimate of drug-likeness (QED) is 0.482. The van der Waals surface area contributed by atoms with Gasteiger partial charge in [0.1, 0.15) is 5.75 Å². The number of carbonyl (C=O) groups excluding carboxylic acids is 1. The van der Waals surface area contributed by atoms with Gasteiger partial charge < -0.3 is 5.11 Å². The molecule has 1 aliphatic heterocycles. The lowest BCUT2D eigenvalue weighted by atomic mass is 10.1. The molecule has 0 bridgehead atoms. The Hall–Kier alpha value is -4.11. The number of carbonyl (C=O) groups is 1. The molecule has 0 saturated carbocycles. The molecule has 0 aliphatic carbocycles. The van der Waals surface area contributed by atoms with Gasteiger partial charge in [0.2, 0.25) is 0 Å². The summed E-state index contributed by atoms with van der Waals surface area (Å²) >= 11 is 0. The normalized spacial score (nSPS) is 14.8. The van der Waals surface area contributed by atoms with E-state index < -0.39 is 0 Å². The summed E-state index contributed by atoms with van der Waals surface area (Å²) in [6.45, 7) is 1.82. The number of nitrogens with one attached hydrogen (secondary N) is 1. The van der Waals surface area contributed by atoms with Crippen LogP contribution in [0.15, 0.2) is 77.5 Å². The van der Waals surface area contributed by atoms with E-state index in [1.165, 1.54) is 0 Å². The van der Waals surface area contributed by atoms with Gasteiger partial charge in [-0.1, -0.05) is 42.5 Å². The zero-order valence-electron chi connectivity index (χ0n) is 16.5. The SMILES string of the molecule is CC1=CN(c2ccc(CCC#N)cc2)C(=O)/C1=N\Nc1ccc2ccccc2c1O. The molecule has 3 aromatic rings. The number of hydrogen-bond acceptors (Lipinski definition) is 5. The average molecular weight is 396 g/mol. The van der Waals surface area contributed by atoms with Crippen LogP contribution in [0.3, 0.4) is 0 Å². The molecule has 30 heavy (non-hydrogen) atoms. The topological polar surface area (TPSA) is 88.7 Å². The van der Waals surface area contributed by atoms with Crippen LogP contribution in [-0.4, -0.2) is 16.7 Å². The number of benzene rings is 3. The minimum Gasteiger partial charge on any atom is -0.505 e. The summed E-state index contributed by atoms with van der Waals surface area (Å²) in [5.41, 5.74) is 6.06. The van der Waals surface area contributed by atoms with E-state index in [1.807, 2.05) is 61.5 Å². The van der Waals surface area contributed by atoms with E-state index in [0.29, 0.717) is 23.9 Å². The van der Waals surface area contributed by atoms with Gasteiger partial charge in [0.15, 0.2) is 5.71 Å². The first kappa shape index (κ1) is 19.2. The van der Waals surface area contributed by atoms with Crippen LogP contribution in [0.4, 0.5) is 11.4 Å². The van der Waals surface area contributed by atoms with Crippen molar-refractivity contribution in [1.82, 2.24) is 0 Å². The standard InChI is InChI=1S/C24H20N4O2/c1-16-15-28(19-11-8-17(9-12-19)5-4-14-25)24(30)22(16)27-26-21-13-10-18-6-2-3-7-20(18)23(21)29/h2-3,6-13,15,26,29H,4-5H2,1H3/b27-22-. The number of fused-ring (bicyclic) bond motifs is 1. The number of hydrogen-bond donors (Lipinski definition) is 2. The molecule has 1 heterocycles. The van der Waals surface area contributed by atoms with Crippen molar-refractivity contribution in [2.75, 3.05) is 10.3 Å². The fourth-order valence-electron chi connectivity index (χ4n) is 3.41. The van der Waals surface area contributed by atoms with E-state index in [4.69, 9.17) is 5.26 Å². The fraction of sp³-hybridized carbons (Fsp3) is 0.125. The van der Waals surface area contributed by atoms with Gasteiger partial charge in [-0.05, 0) is 48.1 Å². The summed E-state index contributed by atoms with van der Waals surface area (Å²) in [5, 5.41) is 25.1. The van der Waals surface area contributed by atoms with E-state index in [-0.39, 0.29) is 17.4 Å². The lowest BCUT2D eigenvalue weighted by Gasteiger charge is -2.14. The van der Waals surface area contributed by atoms with Crippen LogP contribution in [0, 0.1) is 11.3 Å². The predicted molar refractivity (Wildman–Crippen MR) is 118 cm³/mol. The van der Waals surface area contributed by atoms with E-state index in [1.54, 1.807) is 17.2 Å². The van der Waals surface area contributed by atoms with Gasteiger partial charge in [0.25, 0.3) is 5.91 Å². The molecule has 0 spiro atoms. The molecule has 6 heteroatoms. The Morgan fingerprint density at radius 1 is 1.10 bits per heavy atom. The third-order valence-corrected chi connectivity index (χ3v) is 5.05. The third-order valence-electron chi connectivity index (χ3n) is 5.05. The molecule has 0 saturated heterocycles. The molecule has 0 radical (unpaired) electrons. The number of aryl methyl sites for hydroxylation is 1. The van der Waals surface area contributed by atoms with E-state index in [0.717, 1.165) is 22.2 Å². The smallest absolute Gasteiger partial charge is 0.283 e. The summed E-state index contributed by atoms with van der Waals surface area (Å²) in [6, 6.07) is 20.8. The van der Waals surface area contributed by atoms with E-state index in [2.05, 4.69) is 16.6 Å². The van der Waals surface area contributed by atoms with Crippen molar-refractivity contribution in [3.63, 3.8) is 0 Å². The molecule has 0 unspecified atom stereocenters. The number of phenolic OH excluding ortho intramolecular Hbond substituents is 1. The van der Waals surface area contributed by atoms with Gasteiger partial charge >= 0.3 is 0 Å². The molecule has 1 aliphatic rings. The Kier molecular flexibility index (Phi) is 5.19. The van der Waals surface area contributed by atoms with Gasteiger partial charge in [0, 0.05) is 23.7 Å². The first-order valence-corrected chi connectivity index (χ1v) is 9.61. The summed E-state index contributed by atoms with van der Waals surface area (Å²) in [6.07, 6.45) is 2.89. The zero-order chi connectivity index (χ0) is 21.1. The minimum atomic E-state index is -0.245. The number of aromatic hydroxyl groups is 1. The second kappa shape index (κ2) is 8.10. The van der Waals surface area contributed by atoms with Crippen molar-refractivity contribution in [1.29, 1.82) is 5.26 Å².